The van der Waals surface area contributed by atoms with Gasteiger partial charge < -0.3 is 10.1 Å². The lowest BCUT2D eigenvalue weighted by Gasteiger charge is -2.23. The summed E-state index contributed by atoms with van der Waals surface area (Å²) in [6.07, 6.45) is 1.24. The molecule has 1 N–H and O–H groups in total. The van der Waals surface area contributed by atoms with Crippen molar-refractivity contribution in [3.8, 4) is 0 Å². The van der Waals surface area contributed by atoms with Gasteiger partial charge in [-0.3, -0.25) is 14.5 Å². The monoisotopic (exact) mass is 316 g/mol. The zero-order chi connectivity index (χ0) is 16.8. The summed E-state index contributed by atoms with van der Waals surface area (Å²) < 4.78 is 5.20. The maximum atomic E-state index is 12.8. The number of rotatable bonds is 2. The number of hydrogen-bond donors (Lipinski definition) is 1. The fraction of sp³-hybridized carbons (Fsp3) is 0.471. The average Bonchev–Trinajstić information content (AvgIpc) is 2.92. The van der Waals surface area contributed by atoms with E-state index in [4.69, 9.17) is 4.74 Å². The minimum absolute atomic E-state index is 0.369. The molecule has 0 aromatic heterocycles. The van der Waals surface area contributed by atoms with Crippen LogP contribution in [0, 0.1) is 0 Å². The normalized spacial score (nSPS) is 23.2. The van der Waals surface area contributed by atoms with Crippen molar-refractivity contribution in [2.24, 2.45) is 0 Å². The molecule has 3 amide bonds. The quantitative estimate of drug-likeness (QED) is 0.666. The molecule has 1 spiro atoms. The molecule has 122 valence electrons. The van der Waals surface area contributed by atoms with E-state index in [2.05, 4.69) is 5.32 Å². The molecule has 6 heteroatoms. The summed E-state index contributed by atoms with van der Waals surface area (Å²) in [5.74, 6) is -0.970. The molecule has 0 bridgehead atoms. The molecule has 1 saturated heterocycles. The maximum absolute atomic E-state index is 12.8. The van der Waals surface area contributed by atoms with Gasteiger partial charge in [-0.05, 0) is 44.7 Å². The van der Waals surface area contributed by atoms with Crippen LogP contribution in [0.2, 0.25) is 0 Å². The molecular weight excluding hydrogens is 296 g/mol. The Morgan fingerprint density at radius 1 is 1.30 bits per heavy atom. The van der Waals surface area contributed by atoms with E-state index in [0.717, 1.165) is 22.4 Å². The number of aryl methyl sites for hydroxylation is 1. The lowest BCUT2D eigenvalue weighted by molar-refractivity contribution is -0.157. The molecule has 1 heterocycles. The van der Waals surface area contributed by atoms with Crippen LogP contribution in [0.25, 0.3) is 0 Å². The van der Waals surface area contributed by atoms with E-state index in [0.29, 0.717) is 6.42 Å². The van der Waals surface area contributed by atoms with E-state index in [1.165, 1.54) is 0 Å². The number of amides is 3. The van der Waals surface area contributed by atoms with Crippen LogP contribution in [0.4, 0.5) is 4.79 Å². The van der Waals surface area contributed by atoms with Gasteiger partial charge in [0.05, 0.1) is 0 Å². The lowest BCUT2D eigenvalue weighted by Crippen LogP contribution is -2.43. The predicted molar refractivity (Wildman–Crippen MR) is 82.5 cm³/mol. The molecule has 0 radical (unpaired) electrons. The minimum Gasteiger partial charge on any atom is -0.459 e. The van der Waals surface area contributed by atoms with Crippen LogP contribution in [-0.2, 0) is 26.3 Å². The van der Waals surface area contributed by atoms with Gasteiger partial charge in [-0.15, -0.1) is 0 Å². The number of ether oxygens (including phenoxy) is 1. The summed E-state index contributed by atoms with van der Waals surface area (Å²) in [6.45, 7) is 4.86. The third-order valence-corrected chi connectivity index (χ3v) is 4.13. The lowest BCUT2D eigenvalue weighted by atomic mass is 9.92. The Morgan fingerprint density at radius 3 is 2.70 bits per heavy atom. The van der Waals surface area contributed by atoms with Crippen molar-refractivity contribution >= 4 is 17.9 Å². The summed E-state index contributed by atoms with van der Waals surface area (Å²) in [6, 6.07) is 7.04. The standard InChI is InChI=1S/C17H20N2O4/c1-16(2,3)23-13(20)10-19-14(21)17(18-15(19)22)9-8-11-6-4-5-7-12(11)17/h4-7H,8-10H2,1-3H3,(H,18,22)/t17-/m0/s1. The van der Waals surface area contributed by atoms with Crippen molar-refractivity contribution in [3.63, 3.8) is 0 Å². The zero-order valence-corrected chi connectivity index (χ0v) is 13.5. The Balaban J connectivity index is 1.83. The van der Waals surface area contributed by atoms with Gasteiger partial charge in [0.2, 0.25) is 0 Å². The number of esters is 1. The Morgan fingerprint density at radius 2 is 2.00 bits per heavy atom. The van der Waals surface area contributed by atoms with Gasteiger partial charge in [-0.1, -0.05) is 24.3 Å². The zero-order valence-electron chi connectivity index (χ0n) is 13.5. The molecule has 1 fully saturated rings. The third-order valence-electron chi connectivity index (χ3n) is 4.13. The van der Waals surface area contributed by atoms with Crippen LogP contribution < -0.4 is 5.32 Å². The highest BCUT2D eigenvalue weighted by Gasteiger charge is 2.55. The minimum atomic E-state index is -1.03. The number of imide groups is 1. The highest BCUT2D eigenvalue weighted by Crippen LogP contribution is 2.41. The highest BCUT2D eigenvalue weighted by molar-refractivity contribution is 6.09. The van der Waals surface area contributed by atoms with Crippen molar-refractivity contribution in [3.05, 3.63) is 35.4 Å². The molecule has 1 aromatic carbocycles. The maximum Gasteiger partial charge on any atom is 0.326 e. The fourth-order valence-corrected chi connectivity index (χ4v) is 3.24. The van der Waals surface area contributed by atoms with Gasteiger partial charge in [-0.25, -0.2) is 4.79 Å². The Labute approximate surface area is 134 Å². The molecule has 1 atom stereocenters. The van der Waals surface area contributed by atoms with Crippen LogP contribution in [0.5, 0.6) is 0 Å². The van der Waals surface area contributed by atoms with Crippen molar-refractivity contribution in [2.45, 2.75) is 44.8 Å². The number of benzene rings is 1. The average molecular weight is 316 g/mol. The molecule has 1 aromatic rings. The number of hydrogen-bond acceptors (Lipinski definition) is 4. The number of fused-ring (bicyclic) bond motifs is 2. The molecular formula is C17H20N2O4. The summed E-state index contributed by atoms with van der Waals surface area (Å²) in [7, 11) is 0. The van der Waals surface area contributed by atoms with E-state index >= 15 is 0 Å². The van der Waals surface area contributed by atoms with E-state index in [1.807, 2.05) is 24.3 Å². The molecule has 1 aliphatic heterocycles. The van der Waals surface area contributed by atoms with Crippen molar-refractivity contribution in [2.75, 3.05) is 6.54 Å². The Kier molecular flexibility index (Phi) is 3.43. The SMILES string of the molecule is CC(C)(C)OC(=O)CN1C(=O)N[C@]2(CCc3ccccc32)C1=O. The fourth-order valence-electron chi connectivity index (χ4n) is 3.24. The number of nitrogens with zero attached hydrogens (tertiary/aromatic N) is 1. The summed E-state index contributed by atoms with van der Waals surface area (Å²) in [5, 5.41) is 2.78. The second kappa shape index (κ2) is 5.08. The molecule has 3 rings (SSSR count). The first-order chi connectivity index (χ1) is 10.7. The van der Waals surface area contributed by atoms with Gasteiger partial charge in [0.15, 0.2) is 0 Å². The molecule has 23 heavy (non-hydrogen) atoms. The second-order valence-corrected chi connectivity index (χ2v) is 6.97. The summed E-state index contributed by atoms with van der Waals surface area (Å²) in [4.78, 5) is 38.0. The van der Waals surface area contributed by atoms with Crippen molar-refractivity contribution < 1.29 is 19.1 Å². The topological polar surface area (TPSA) is 75.7 Å². The molecule has 0 saturated carbocycles. The van der Waals surface area contributed by atoms with Crippen molar-refractivity contribution in [1.82, 2.24) is 10.2 Å². The number of urea groups is 1. The molecule has 6 nitrogen and oxygen atoms in total. The van der Waals surface area contributed by atoms with Crippen LogP contribution >= 0.6 is 0 Å². The van der Waals surface area contributed by atoms with Crippen LogP contribution in [0.1, 0.15) is 38.3 Å². The predicted octanol–water partition coefficient (Wildman–Crippen LogP) is 1.72. The first kappa shape index (κ1) is 15.5. The number of carbonyl (C=O) groups excluding carboxylic acids is 3. The van der Waals surface area contributed by atoms with E-state index in [1.54, 1.807) is 20.8 Å². The van der Waals surface area contributed by atoms with Crippen LogP contribution in [0.3, 0.4) is 0 Å². The van der Waals surface area contributed by atoms with Crippen LogP contribution in [0.15, 0.2) is 24.3 Å². The Bertz CT molecular complexity index is 692. The number of nitrogens with one attached hydrogen (secondary N) is 1. The molecule has 0 unspecified atom stereocenters. The highest BCUT2D eigenvalue weighted by atomic mass is 16.6. The summed E-state index contributed by atoms with van der Waals surface area (Å²) >= 11 is 0. The van der Waals surface area contributed by atoms with Gasteiger partial charge in [-0.2, -0.15) is 0 Å². The molecule has 2 aliphatic rings. The first-order valence-electron chi connectivity index (χ1n) is 7.67. The van der Waals surface area contributed by atoms with E-state index in [-0.39, 0.29) is 12.5 Å². The van der Waals surface area contributed by atoms with Gasteiger partial charge in [0.25, 0.3) is 5.91 Å². The molecule has 1 aliphatic carbocycles. The van der Waals surface area contributed by atoms with Gasteiger partial charge in [0.1, 0.15) is 17.7 Å². The number of carbonyl (C=O) groups is 3. The van der Waals surface area contributed by atoms with Gasteiger partial charge in [0, 0.05) is 0 Å². The van der Waals surface area contributed by atoms with Crippen molar-refractivity contribution in [1.29, 1.82) is 0 Å². The smallest absolute Gasteiger partial charge is 0.326 e. The largest absolute Gasteiger partial charge is 0.459 e. The first-order valence-corrected chi connectivity index (χ1v) is 7.67. The third kappa shape index (κ3) is 2.58. The second-order valence-electron chi connectivity index (χ2n) is 6.97. The van der Waals surface area contributed by atoms with E-state index < -0.39 is 23.1 Å². The summed E-state index contributed by atoms with van der Waals surface area (Å²) in [5.41, 5.74) is 0.189. The van der Waals surface area contributed by atoms with Gasteiger partial charge >= 0.3 is 12.0 Å². The van der Waals surface area contributed by atoms with E-state index in [9.17, 15) is 14.4 Å². The van der Waals surface area contributed by atoms with Crippen LogP contribution in [-0.4, -0.2) is 35.0 Å². The Hall–Kier alpha value is -2.37.